The summed E-state index contributed by atoms with van der Waals surface area (Å²) >= 11 is 0. The molecule has 0 N–H and O–H groups in total. The van der Waals surface area contributed by atoms with E-state index in [1.54, 1.807) is 12.2 Å². The van der Waals surface area contributed by atoms with Crippen molar-refractivity contribution in [1.29, 1.82) is 0 Å². The predicted molar refractivity (Wildman–Crippen MR) is 64.9 cm³/mol. The zero-order valence-corrected chi connectivity index (χ0v) is 10.4. The quantitative estimate of drug-likeness (QED) is 0.422. The molecule has 0 unspecified atom stereocenters. The van der Waals surface area contributed by atoms with Crippen LogP contribution in [0.15, 0.2) is 37.0 Å². The average Bonchev–Trinajstić information content (AvgIpc) is 2.30. The van der Waals surface area contributed by atoms with E-state index in [1.165, 1.54) is 21.1 Å². The SMILES string of the molecule is C=C/C=C(/C)C=C.COC(C)=O.COC=O. The smallest absolute Gasteiger partial charge is 0.302 e. The molecule has 0 fully saturated rings. The van der Waals surface area contributed by atoms with E-state index in [0.717, 1.165) is 5.57 Å². The molecule has 0 amide bonds. The van der Waals surface area contributed by atoms with Gasteiger partial charge in [-0.1, -0.05) is 37.0 Å². The maximum Gasteiger partial charge on any atom is 0.302 e. The average molecular weight is 228 g/mol. The van der Waals surface area contributed by atoms with Gasteiger partial charge in [-0.2, -0.15) is 0 Å². The van der Waals surface area contributed by atoms with Gasteiger partial charge >= 0.3 is 5.97 Å². The lowest BCUT2D eigenvalue weighted by Gasteiger charge is -1.80. The molecular formula is C12H20O4. The van der Waals surface area contributed by atoms with Crippen molar-refractivity contribution in [2.75, 3.05) is 14.2 Å². The highest BCUT2D eigenvalue weighted by Gasteiger charge is 1.75. The number of hydrogen-bond acceptors (Lipinski definition) is 4. The van der Waals surface area contributed by atoms with Crippen molar-refractivity contribution in [3.8, 4) is 0 Å². The highest BCUT2D eigenvalue weighted by atomic mass is 16.5. The van der Waals surface area contributed by atoms with Gasteiger partial charge in [0.15, 0.2) is 0 Å². The van der Waals surface area contributed by atoms with Crippen molar-refractivity contribution in [2.45, 2.75) is 13.8 Å². The van der Waals surface area contributed by atoms with Crippen LogP contribution in [0.25, 0.3) is 0 Å². The molecule has 0 aromatic rings. The molecule has 0 aromatic carbocycles. The molecule has 0 saturated carbocycles. The third-order valence-corrected chi connectivity index (χ3v) is 1.09. The van der Waals surface area contributed by atoms with E-state index >= 15 is 0 Å². The number of carbonyl (C=O) groups excluding carboxylic acids is 2. The molecule has 0 atom stereocenters. The maximum atomic E-state index is 9.59. The summed E-state index contributed by atoms with van der Waals surface area (Å²) in [5.74, 6) is -0.245. The molecule has 0 heterocycles. The fourth-order valence-electron chi connectivity index (χ4n) is 0.254. The first-order valence-electron chi connectivity index (χ1n) is 4.42. The molecular weight excluding hydrogens is 208 g/mol. The second-order valence-corrected chi connectivity index (χ2v) is 2.38. The van der Waals surface area contributed by atoms with Gasteiger partial charge in [-0.15, -0.1) is 0 Å². The Morgan fingerprint density at radius 3 is 1.62 bits per heavy atom. The first-order valence-corrected chi connectivity index (χ1v) is 4.42. The molecule has 0 saturated heterocycles. The van der Waals surface area contributed by atoms with Crippen LogP contribution in [0.3, 0.4) is 0 Å². The van der Waals surface area contributed by atoms with Gasteiger partial charge in [-0.25, -0.2) is 0 Å². The third kappa shape index (κ3) is 39.9. The van der Waals surface area contributed by atoms with Crippen LogP contribution < -0.4 is 0 Å². The number of allylic oxidation sites excluding steroid dienone is 4. The van der Waals surface area contributed by atoms with Crippen LogP contribution in [0.1, 0.15) is 13.8 Å². The Morgan fingerprint density at radius 1 is 1.19 bits per heavy atom. The summed E-state index contributed by atoms with van der Waals surface area (Å²) in [6, 6.07) is 0. The number of hydrogen-bond donors (Lipinski definition) is 0. The Hall–Kier alpha value is -1.84. The molecule has 0 aliphatic carbocycles. The maximum absolute atomic E-state index is 9.59. The fraction of sp³-hybridized carbons (Fsp3) is 0.333. The fourth-order valence-corrected chi connectivity index (χ4v) is 0.254. The van der Waals surface area contributed by atoms with Crippen LogP contribution >= 0.6 is 0 Å². The highest BCUT2D eigenvalue weighted by Crippen LogP contribution is 1.90. The van der Waals surface area contributed by atoms with Gasteiger partial charge in [-0.05, 0) is 6.92 Å². The molecule has 4 heteroatoms. The summed E-state index contributed by atoms with van der Waals surface area (Å²) in [4.78, 5) is 18.5. The van der Waals surface area contributed by atoms with Crippen LogP contribution in [0.5, 0.6) is 0 Å². The third-order valence-electron chi connectivity index (χ3n) is 1.09. The number of carbonyl (C=O) groups is 2. The summed E-state index contributed by atoms with van der Waals surface area (Å²) in [5, 5.41) is 0. The van der Waals surface area contributed by atoms with Gasteiger partial charge in [0.25, 0.3) is 6.47 Å². The number of rotatable bonds is 3. The lowest BCUT2D eigenvalue weighted by Crippen LogP contribution is -1.88. The Kier molecular flexibility index (Phi) is 23.2. The summed E-state index contributed by atoms with van der Waals surface area (Å²) in [5.41, 5.74) is 1.15. The van der Waals surface area contributed by atoms with Crippen LogP contribution in [-0.4, -0.2) is 26.7 Å². The minimum atomic E-state index is -0.245. The minimum absolute atomic E-state index is 0.245. The van der Waals surface area contributed by atoms with Gasteiger partial charge in [0.2, 0.25) is 0 Å². The molecule has 92 valence electrons. The second kappa shape index (κ2) is 18.9. The molecule has 0 rings (SSSR count). The lowest BCUT2D eigenvalue weighted by molar-refractivity contribution is -0.138. The summed E-state index contributed by atoms with van der Waals surface area (Å²) < 4.78 is 7.97. The Morgan fingerprint density at radius 2 is 1.56 bits per heavy atom. The summed E-state index contributed by atoms with van der Waals surface area (Å²) in [7, 11) is 2.66. The van der Waals surface area contributed by atoms with Crippen molar-refractivity contribution >= 4 is 12.4 Å². The molecule has 0 aliphatic rings. The van der Waals surface area contributed by atoms with Crippen molar-refractivity contribution in [1.82, 2.24) is 0 Å². The van der Waals surface area contributed by atoms with Crippen molar-refractivity contribution in [3.05, 3.63) is 37.0 Å². The van der Waals surface area contributed by atoms with Crippen LogP contribution in [0.2, 0.25) is 0 Å². The molecule has 0 radical (unpaired) electrons. The van der Waals surface area contributed by atoms with E-state index in [0.29, 0.717) is 6.47 Å². The molecule has 16 heavy (non-hydrogen) atoms. The largest absolute Gasteiger partial charge is 0.471 e. The topological polar surface area (TPSA) is 52.6 Å². The van der Waals surface area contributed by atoms with Crippen molar-refractivity contribution in [3.63, 3.8) is 0 Å². The lowest BCUT2D eigenvalue weighted by atomic mass is 10.3. The Balaban J connectivity index is -0.000000166. The van der Waals surface area contributed by atoms with Crippen LogP contribution in [0.4, 0.5) is 0 Å². The van der Waals surface area contributed by atoms with Gasteiger partial charge in [0.1, 0.15) is 0 Å². The molecule has 0 bridgehead atoms. The molecule has 4 nitrogen and oxygen atoms in total. The monoisotopic (exact) mass is 228 g/mol. The van der Waals surface area contributed by atoms with E-state index < -0.39 is 0 Å². The first-order chi connectivity index (χ1) is 7.49. The predicted octanol–water partition coefficient (Wildman–Crippen LogP) is 2.27. The van der Waals surface area contributed by atoms with E-state index in [2.05, 4.69) is 22.6 Å². The van der Waals surface area contributed by atoms with Gasteiger partial charge in [0, 0.05) is 6.92 Å². The Labute approximate surface area is 97.2 Å². The summed E-state index contributed by atoms with van der Waals surface area (Å²) in [6.45, 7) is 10.8. The van der Waals surface area contributed by atoms with Gasteiger partial charge in [0.05, 0.1) is 14.2 Å². The molecule has 0 spiro atoms. The van der Waals surface area contributed by atoms with E-state index in [-0.39, 0.29) is 5.97 Å². The second-order valence-electron chi connectivity index (χ2n) is 2.38. The summed E-state index contributed by atoms with van der Waals surface area (Å²) in [6.07, 6.45) is 5.45. The molecule has 0 aromatic heterocycles. The van der Waals surface area contributed by atoms with Crippen LogP contribution in [-0.2, 0) is 19.1 Å². The van der Waals surface area contributed by atoms with E-state index in [1.807, 2.05) is 13.0 Å². The zero-order chi connectivity index (χ0) is 13.4. The minimum Gasteiger partial charge on any atom is -0.471 e. The van der Waals surface area contributed by atoms with Gasteiger partial charge in [-0.3, -0.25) is 9.59 Å². The molecule has 0 aliphatic heterocycles. The normalized spacial score (nSPS) is 8.12. The number of ether oxygens (including phenoxy) is 2. The number of methoxy groups -OCH3 is 2. The van der Waals surface area contributed by atoms with E-state index in [9.17, 15) is 4.79 Å². The Bertz CT molecular complexity index is 229. The standard InChI is InChI=1S/C7H10.C3H6O2.C2H4O2/c1-4-6-7(3)5-2;1-3(4)5-2;1-4-2-3/h4-6H,1-2H2,3H3;1-2H3;2H,1H3/b7-6-;;. The highest BCUT2D eigenvalue weighted by molar-refractivity contribution is 5.65. The van der Waals surface area contributed by atoms with Crippen molar-refractivity contribution < 1.29 is 19.1 Å². The van der Waals surface area contributed by atoms with Crippen LogP contribution in [0, 0.1) is 0 Å². The van der Waals surface area contributed by atoms with Crippen molar-refractivity contribution in [2.24, 2.45) is 0 Å². The zero-order valence-electron chi connectivity index (χ0n) is 10.4. The van der Waals surface area contributed by atoms with E-state index in [4.69, 9.17) is 4.79 Å². The first kappa shape index (κ1) is 19.7. The number of esters is 1. The van der Waals surface area contributed by atoms with Gasteiger partial charge < -0.3 is 9.47 Å².